The molecule has 6 heteroatoms. The van der Waals surface area contributed by atoms with Gasteiger partial charge in [0, 0.05) is 6.20 Å². The Morgan fingerprint density at radius 2 is 2.16 bits per heavy atom. The van der Waals surface area contributed by atoms with E-state index in [1.54, 1.807) is 11.3 Å². The number of carbonyl (C=O) groups excluding carboxylic acids is 1. The Bertz CT molecular complexity index is 578. The van der Waals surface area contributed by atoms with Crippen LogP contribution < -0.4 is 5.32 Å². The molecule has 1 unspecified atom stereocenters. The number of nitrogens with zero attached hydrogens (tertiary/aromatic N) is 1. The van der Waals surface area contributed by atoms with Crippen molar-refractivity contribution < 1.29 is 14.7 Å². The summed E-state index contributed by atoms with van der Waals surface area (Å²) in [6.45, 7) is 1.89. The molecule has 2 rings (SSSR count). The Hall–Kier alpha value is -2.21. The molecular formula is C13H12N2O3S. The first kappa shape index (κ1) is 13.2. The van der Waals surface area contributed by atoms with Crippen LogP contribution in [0.15, 0.2) is 35.2 Å². The van der Waals surface area contributed by atoms with Gasteiger partial charge in [-0.15, -0.1) is 0 Å². The number of aromatic carboxylic acids is 1. The van der Waals surface area contributed by atoms with Crippen molar-refractivity contribution in [2.24, 2.45) is 0 Å². The average molecular weight is 276 g/mol. The molecule has 2 aromatic rings. The predicted octanol–water partition coefficient (Wildman–Crippen LogP) is 2.33. The third-order valence-corrected chi connectivity index (χ3v) is 3.34. The molecule has 0 spiro atoms. The molecule has 2 aromatic heterocycles. The zero-order chi connectivity index (χ0) is 13.8. The van der Waals surface area contributed by atoms with Gasteiger partial charge in [-0.1, -0.05) is 0 Å². The van der Waals surface area contributed by atoms with Gasteiger partial charge in [-0.25, -0.2) is 9.78 Å². The summed E-state index contributed by atoms with van der Waals surface area (Å²) in [6, 6.07) is 4.61. The third-order valence-electron chi connectivity index (χ3n) is 2.64. The molecule has 0 saturated carbocycles. The fourth-order valence-corrected chi connectivity index (χ4v) is 2.29. The molecule has 5 nitrogen and oxygen atoms in total. The van der Waals surface area contributed by atoms with Crippen LogP contribution in [0.5, 0.6) is 0 Å². The standard InChI is InChI=1S/C13H12N2O3S/c1-8(10-4-5-19-7-10)15-12(16)9-2-3-11(13(17)18)14-6-9/h2-8H,1H3,(H,15,16)(H,17,18). The van der Waals surface area contributed by atoms with Crippen LogP contribution in [0, 0.1) is 0 Å². The maximum Gasteiger partial charge on any atom is 0.354 e. The summed E-state index contributed by atoms with van der Waals surface area (Å²) in [5, 5.41) is 15.5. The topological polar surface area (TPSA) is 79.3 Å². The summed E-state index contributed by atoms with van der Waals surface area (Å²) in [5.74, 6) is -1.39. The zero-order valence-electron chi connectivity index (χ0n) is 10.2. The van der Waals surface area contributed by atoms with Gasteiger partial charge in [-0.05, 0) is 41.4 Å². The van der Waals surface area contributed by atoms with Gasteiger partial charge in [0.25, 0.3) is 5.91 Å². The minimum Gasteiger partial charge on any atom is -0.477 e. The normalized spacial score (nSPS) is 11.8. The Labute approximate surface area is 113 Å². The summed E-state index contributed by atoms with van der Waals surface area (Å²) in [6.07, 6.45) is 1.26. The van der Waals surface area contributed by atoms with Crippen LogP contribution in [0.3, 0.4) is 0 Å². The lowest BCUT2D eigenvalue weighted by Crippen LogP contribution is -2.26. The van der Waals surface area contributed by atoms with Crippen molar-refractivity contribution in [1.29, 1.82) is 0 Å². The molecule has 0 aliphatic rings. The highest BCUT2D eigenvalue weighted by Crippen LogP contribution is 2.16. The molecule has 19 heavy (non-hydrogen) atoms. The first-order valence-corrected chi connectivity index (χ1v) is 6.54. The maximum absolute atomic E-state index is 11.9. The quantitative estimate of drug-likeness (QED) is 0.898. The molecule has 2 heterocycles. The van der Waals surface area contributed by atoms with Crippen LogP contribution in [0.1, 0.15) is 39.4 Å². The molecule has 0 aliphatic carbocycles. The highest BCUT2D eigenvalue weighted by atomic mass is 32.1. The monoisotopic (exact) mass is 276 g/mol. The minimum absolute atomic E-state index is 0.0811. The van der Waals surface area contributed by atoms with Crippen LogP contribution >= 0.6 is 11.3 Å². The summed E-state index contributed by atoms with van der Waals surface area (Å²) >= 11 is 1.57. The number of rotatable bonds is 4. The zero-order valence-corrected chi connectivity index (χ0v) is 11.0. The van der Waals surface area contributed by atoms with Crippen molar-refractivity contribution in [1.82, 2.24) is 10.3 Å². The van der Waals surface area contributed by atoms with Gasteiger partial charge < -0.3 is 10.4 Å². The number of nitrogens with one attached hydrogen (secondary N) is 1. The Morgan fingerprint density at radius 3 is 2.68 bits per heavy atom. The first-order chi connectivity index (χ1) is 9.08. The van der Waals surface area contributed by atoms with E-state index in [2.05, 4.69) is 10.3 Å². The lowest BCUT2D eigenvalue weighted by atomic mass is 10.1. The molecule has 0 bridgehead atoms. The number of thiophene rings is 1. The van der Waals surface area contributed by atoms with Crippen LogP contribution in [0.4, 0.5) is 0 Å². The number of carboxylic acid groups (broad SMARTS) is 1. The first-order valence-electron chi connectivity index (χ1n) is 5.60. The van der Waals surface area contributed by atoms with E-state index in [9.17, 15) is 9.59 Å². The fourth-order valence-electron chi connectivity index (χ4n) is 1.54. The number of amides is 1. The van der Waals surface area contributed by atoms with Crippen molar-refractivity contribution >= 4 is 23.2 Å². The minimum atomic E-state index is -1.11. The van der Waals surface area contributed by atoms with E-state index in [0.29, 0.717) is 5.56 Å². The summed E-state index contributed by atoms with van der Waals surface area (Å²) in [4.78, 5) is 26.3. The maximum atomic E-state index is 11.9. The van der Waals surface area contributed by atoms with Gasteiger partial charge in [0.05, 0.1) is 11.6 Å². The van der Waals surface area contributed by atoms with Crippen LogP contribution in [-0.4, -0.2) is 22.0 Å². The molecular weight excluding hydrogens is 264 g/mol. The van der Waals surface area contributed by atoms with Crippen LogP contribution in [-0.2, 0) is 0 Å². The highest BCUT2D eigenvalue weighted by Gasteiger charge is 2.13. The average Bonchev–Trinajstić information content (AvgIpc) is 2.92. The van der Waals surface area contributed by atoms with Crippen molar-refractivity contribution in [3.8, 4) is 0 Å². The van der Waals surface area contributed by atoms with Gasteiger partial charge in [0.2, 0.25) is 0 Å². The van der Waals surface area contributed by atoms with E-state index in [-0.39, 0.29) is 17.6 Å². The smallest absolute Gasteiger partial charge is 0.354 e. The number of aromatic nitrogens is 1. The Kier molecular flexibility index (Phi) is 3.91. The number of pyridine rings is 1. The van der Waals surface area contributed by atoms with Crippen molar-refractivity contribution in [3.63, 3.8) is 0 Å². The second kappa shape index (κ2) is 5.62. The van der Waals surface area contributed by atoms with Gasteiger partial charge in [-0.3, -0.25) is 4.79 Å². The number of hydrogen-bond acceptors (Lipinski definition) is 4. The van der Waals surface area contributed by atoms with E-state index in [1.165, 1.54) is 18.3 Å². The molecule has 0 aliphatic heterocycles. The molecule has 98 valence electrons. The summed E-state index contributed by atoms with van der Waals surface area (Å²) < 4.78 is 0. The number of carbonyl (C=O) groups is 2. The molecule has 0 aromatic carbocycles. The largest absolute Gasteiger partial charge is 0.477 e. The molecule has 0 radical (unpaired) electrons. The number of hydrogen-bond donors (Lipinski definition) is 2. The van der Waals surface area contributed by atoms with E-state index in [1.807, 2.05) is 23.8 Å². The lowest BCUT2D eigenvalue weighted by Gasteiger charge is -2.12. The Morgan fingerprint density at radius 1 is 1.37 bits per heavy atom. The van der Waals surface area contributed by atoms with Crippen molar-refractivity contribution in [2.75, 3.05) is 0 Å². The molecule has 0 saturated heterocycles. The highest BCUT2D eigenvalue weighted by molar-refractivity contribution is 7.07. The molecule has 1 atom stereocenters. The predicted molar refractivity (Wildman–Crippen MR) is 71.4 cm³/mol. The lowest BCUT2D eigenvalue weighted by molar-refractivity contribution is 0.0689. The summed E-state index contributed by atoms with van der Waals surface area (Å²) in [5.41, 5.74) is 1.29. The third kappa shape index (κ3) is 3.17. The second-order valence-electron chi connectivity index (χ2n) is 3.99. The summed E-state index contributed by atoms with van der Waals surface area (Å²) in [7, 11) is 0. The van der Waals surface area contributed by atoms with E-state index < -0.39 is 5.97 Å². The number of carboxylic acids is 1. The van der Waals surface area contributed by atoms with Gasteiger partial charge in [0.15, 0.2) is 0 Å². The van der Waals surface area contributed by atoms with Gasteiger partial charge in [-0.2, -0.15) is 11.3 Å². The SMILES string of the molecule is CC(NC(=O)c1ccc(C(=O)O)nc1)c1ccsc1. The van der Waals surface area contributed by atoms with E-state index in [4.69, 9.17) is 5.11 Å². The van der Waals surface area contributed by atoms with Crippen molar-refractivity contribution in [3.05, 3.63) is 52.0 Å². The fraction of sp³-hybridized carbons (Fsp3) is 0.154. The Balaban J connectivity index is 2.05. The van der Waals surface area contributed by atoms with Crippen LogP contribution in [0.2, 0.25) is 0 Å². The van der Waals surface area contributed by atoms with Gasteiger partial charge in [0.1, 0.15) is 5.69 Å². The second-order valence-corrected chi connectivity index (χ2v) is 4.77. The van der Waals surface area contributed by atoms with E-state index in [0.717, 1.165) is 5.56 Å². The van der Waals surface area contributed by atoms with Crippen LogP contribution in [0.25, 0.3) is 0 Å². The van der Waals surface area contributed by atoms with E-state index >= 15 is 0 Å². The molecule has 2 N–H and O–H groups in total. The molecule has 1 amide bonds. The van der Waals surface area contributed by atoms with Gasteiger partial charge >= 0.3 is 5.97 Å². The van der Waals surface area contributed by atoms with Crippen molar-refractivity contribution in [2.45, 2.75) is 13.0 Å². The molecule has 0 fully saturated rings.